The van der Waals surface area contributed by atoms with Gasteiger partial charge in [-0.25, -0.2) is 13.6 Å². The highest BCUT2D eigenvalue weighted by molar-refractivity contribution is 5.73. The van der Waals surface area contributed by atoms with Crippen LogP contribution < -0.4 is 10.6 Å². The van der Waals surface area contributed by atoms with Crippen molar-refractivity contribution in [2.45, 2.75) is 12.3 Å². The number of nitrogens with one attached hydrogen (secondary N) is 2. The average molecular weight is 318 g/mol. The lowest BCUT2D eigenvalue weighted by Gasteiger charge is -2.19. The maximum absolute atomic E-state index is 13.5. The van der Waals surface area contributed by atoms with E-state index < -0.39 is 12.7 Å². The summed E-state index contributed by atoms with van der Waals surface area (Å²) in [6.45, 7) is -0.281. The fourth-order valence-electron chi connectivity index (χ4n) is 2.41. The van der Waals surface area contributed by atoms with Crippen LogP contribution in [0.1, 0.15) is 17.0 Å². The van der Waals surface area contributed by atoms with Crippen molar-refractivity contribution in [1.82, 2.24) is 10.6 Å². The largest absolute Gasteiger partial charge is 0.338 e. The van der Waals surface area contributed by atoms with Crippen molar-refractivity contribution in [3.8, 4) is 0 Å². The summed E-state index contributed by atoms with van der Waals surface area (Å²) in [5.74, 6) is -0.369. The highest BCUT2D eigenvalue weighted by Crippen LogP contribution is 2.21. The van der Waals surface area contributed by atoms with Crippen LogP contribution in [0, 0.1) is 5.82 Å². The van der Waals surface area contributed by atoms with Crippen molar-refractivity contribution >= 4 is 6.03 Å². The second kappa shape index (κ2) is 8.88. The van der Waals surface area contributed by atoms with Crippen LogP contribution in [0.15, 0.2) is 54.6 Å². The van der Waals surface area contributed by atoms with Crippen LogP contribution in [0.5, 0.6) is 0 Å². The Kier molecular flexibility index (Phi) is 6.54. The molecule has 2 amide bonds. The van der Waals surface area contributed by atoms with Crippen LogP contribution in [0.25, 0.3) is 0 Å². The molecule has 3 nitrogen and oxygen atoms in total. The predicted octanol–water partition coefficient (Wildman–Crippen LogP) is 3.42. The maximum atomic E-state index is 13.5. The minimum Gasteiger partial charge on any atom is -0.338 e. The van der Waals surface area contributed by atoms with Gasteiger partial charge in [-0.1, -0.05) is 42.5 Å². The Labute approximate surface area is 134 Å². The molecule has 0 saturated carbocycles. The highest BCUT2D eigenvalue weighted by atomic mass is 19.1. The van der Waals surface area contributed by atoms with E-state index in [4.69, 9.17) is 0 Å². The fraction of sp³-hybridized carbons (Fsp3) is 0.278. The number of rotatable bonds is 7. The van der Waals surface area contributed by atoms with Crippen LogP contribution in [-0.2, 0) is 6.42 Å². The minimum atomic E-state index is -0.606. The Balaban J connectivity index is 2.06. The number of alkyl halides is 1. The zero-order valence-corrected chi connectivity index (χ0v) is 12.8. The lowest BCUT2D eigenvalue weighted by atomic mass is 9.92. The monoisotopic (exact) mass is 318 g/mol. The molecule has 1 atom stereocenters. The van der Waals surface area contributed by atoms with E-state index in [0.29, 0.717) is 13.0 Å². The van der Waals surface area contributed by atoms with E-state index in [1.165, 1.54) is 12.1 Å². The number of carbonyl (C=O) groups is 1. The van der Waals surface area contributed by atoms with Gasteiger partial charge in [-0.15, -0.1) is 0 Å². The fourth-order valence-corrected chi connectivity index (χ4v) is 2.41. The zero-order valence-electron chi connectivity index (χ0n) is 12.8. The smallest absolute Gasteiger partial charge is 0.314 e. The molecule has 0 aliphatic heterocycles. The molecule has 0 aromatic heterocycles. The van der Waals surface area contributed by atoms with Crippen molar-refractivity contribution in [3.63, 3.8) is 0 Å². The van der Waals surface area contributed by atoms with Gasteiger partial charge in [0.25, 0.3) is 0 Å². The molecule has 0 saturated heterocycles. The topological polar surface area (TPSA) is 41.1 Å². The Hall–Kier alpha value is -2.43. The van der Waals surface area contributed by atoms with Crippen LogP contribution in [0.3, 0.4) is 0 Å². The number of halogens is 2. The second-order valence-corrected chi connectivity index (χ2v) is 5.27. The number of urea groups is 1. The third kappa shape index (κ3) is 5.70. The van der Waals surface area contributed by atoms with Gasteiger partial charge < -0.3 is 10.6 Å². The van der Waals surface area contributed by atoms with Gasteiger partial charge in [0.2, 0.25) is 0 Å². The highest BCUT2D eigenvalue weighted by Gasteiger charge is 2.14. The van der Waals surface area contributed by atoms with E-state index in [0.717, 1.165) is 11.1 Å². The Morgan fingerprint density at radius 3 is 2.52 bits per heavy atom. The molecule has 1 unspecified atom stereocenters. The Bertz CT molecular complexity index is 619. The number of benzene rings is 2. The van der Waals surface area contributed by atoms with E-state index in [2.05, 4.69) is 10.6 Å². The first kappa shape index (κ1) is 16.9. The molecule has 0 aliphatic carbocycles. The molecule has 0 aliphatic rings. The molecule has 23 heavy (non-hydrogen) atoms. The first-order valence-corrected chi connectivity index (χ1v) is 7.56. The lowest BCUT2D eigenvalue weighted by Crippen LogP contribution is -2.39. The molecule has 0 spiro atoms. The normalized spacial score (nSPS) is 11.7. The molecule has 0 radical (unpaired) electrons. The van der Waals surface area contributed by atoms with Gasteiger partial charge in [0.15, 0.2) is 0 Å². The average Bonchev–Trinajstić information content (AvgIpc) is 2.57. The van der Waals surface area contributed by atoms with Crippen molar-refractivity contribution < 1.29 is 13.6 Å². The van der Waals surface area contributed by atoms with E-state index in [-0.39, 0.29) is 18.3 Å². The van der Waals surface area contributed by atoms with Gasteiger partial charge in [-0.2, -0.15) is 0 Å². The third-order valence-electron chi connectivity index (χ3n) is 3.53. The lowest BCUT2D eigenvalue weighted by molar-refractivity contribution is 0.239. The Morgan fingerprint density at radius 1 is 1.04 bits per heavy atom. The quantitative estimate of drug-likeness (QED) is 0.807. The van der Waals surface area contributed by atoms with E-state index in [1.54, 1.807) is 6.07 Å². The molecule has 2 N–H and O–H groups in total. The van der Waals surface area contributed by atoms with E-state index >= 15 is 0 Å². The van der Waals surface area contributed by atoms with Gasteiger partial charge >= 0.3 is 6.03 Å². The summed E-state index contributed by atoms with van der Waals surface area (Å²) in [7, 11) is 0. The summed E-state index contributed by atoms with van der Waals surface area (Å²) in [6, 6.07) is 15.8. The van der Waals surface area contributed by atoms with E-state index in [9.17, 15) is 13.6 Å². The van der Waals surface area contributed by atoms with Gasteiger partial charge in [0.05, 0.1) is 0 Å². The SMILES string of the molecule is O=C(NCCF)NCC(Cc1ccccc1)c1cccc(F)c1. The van der Waals surface area contributed by atoms with Crippen molar-refractivity contribution in [3.05, 3.63) is 71.5 Å². The van der Waals surface area contributed by atoms with Gasteiger partial charge in [-0.3, -0.25) is 0 Å². The van der Waals surface area contributed by atoms with Crippen molar-refractivity contribution in [1.29, 1.82) is 0 Å². The predicted molar refractivity (Wildman–Crippen MR) is 86.7 cm³/mol. The first-order chi connectivity index (χ1) is 11.2. The molecular formula is C18H20F2N2O. The molecule has 5 heteroatoms. The van der Waals surface area contributed by atoms with E-state index in [1.807, 2.05) is 36.4 Å². The molecule has 2 aromatic rings. The first-order valence-electron chi connectivity index (χ1n) is 7.56. The van der Waals surface area contributed by atoms with Gasteiger partial charge in [-0.05, 0) is 29.7 Å². The van der Waals surface area contributed by atoms with Crippen molar-refractivity contribution in [2.75, 3.05) is 19.8 Å². The molecule has 122 valence electrons. The van der Waals surface area contributed by atoms with Gasteiger partial charge in [0, 0.05) is 19.0 Å². The summed E-state index contributed by atoms with van der Waals surface area (Å²) in [6.07, 6.45) is 0.674. The summed E-state index contributed by atoms with van der Waals surface area (Å²) < 4.78 is 25.6. The molecule has 2 aromatic carbocycles. The standard InChI is InChI=1S/C18H20F2N2O/c19-9-10-21-18(23)22-13-16(11-14-5-2-1-3-6-14)15-7-4-8-17(20)12-15/h1-8,12,16H,9-11,13H2,(H2,21,22,23). The molecule has 0 heterocycles. The van der Waals surface area contributed by atoms with Crippen molar-refractivity contribution in [2.24, 2.45) is 0 Å². The van der Waals surface area contributed by atoms with Crippen LogP contribution >= 0.6 is 0 Å². The maximum Gasteiger partial charge on any atom is 0.314 e. The number of amides is 2. The number of hydrogen-bond donors (Lipinski definition) is 2. The summed E-state index contributed by atoms with van der Waals surface area (Å²) >= 11 is 0. The summed E-state index contributed by atoms with van der Waals surface area (Å²) in [5, 5.41) is 5.13. The molecular weight excluding hydrogens is 298 g/mol. The number of carbonyl (C=O) groups excluding carboxylic acids is 1. The molecule has 0 bridgehead atoms. The second-order valence-electron chi connectivity index (χ2n) is 5.27. The minimum absolute atomic E-state index is 0.0187. The molecule has 2 rings (SSSR count). The molecule has 0 fully saturated rings. The van der Waals surface area contributed by atoms with Crippen LogP contribution in [0.2, 0.25) is 0 Å². The van der Waals surface area contributed by atoms with Crippen LogP contribution in [0.4, 0.5) is 13.6 Å². The van der Waals surface area contributed by atoms with Crippen LogP contribution in [-0.4, -0.2) is 25.8 Å². The Morgan fingerprint density at radius 2 is 1.83 bits per heavy atom. The zero-order chi connectivity index (χ0) is 16.5. The number of hydrogen-bond acceptors (Lipinski definition) is 1. The third-order valence-corrected chi connectivity index (χ3v) is 3.53. The van der Waals surface area contributed by atoms with Gasteiger partial charge in [0.1, 0.15) is 12.5 Å². The summed E-state index contributed by atoms with van der Waals surface area (Å²) in [5.41, 5.74) is 1.92. The summed E-state index contributed by atoms with van der Waals surface area (Å²) in [4.78, 5) is 11.6.